The van der Waals surface area contributed by atoms with Crippen molar-refractivity contribution in [3.05, 3.63) is 42.4 Å². The van der Waals surface area contributed by atoms with Crippen molar-refractivity contribution in [2.75, 3.05) is 5.32 Å². The number of nitrogens with zero attached hydrogens (tertiary/aromatic N) is 2. The van der Waals surface area contributed by atoms with Crippen LogP contribution in [0.1, 0.15) is 5.56 Å². The summed E-state index contributed by atoms with van der Waals surface area (Å²) in [5.41, 5.74) is 2.40. The number of anilines is 2. The van der Waals surface area contributed by atoms with Gasteiger partial charge in [-0.15, -0.1) is 0 Å². The Bertz CT molecular complexity index is 501. The van der Waals surface area contributed by atoms with E-state index in [9.17, 15) is 0 Å². The van der Waals surface area contributed by atoms with Crippen LogP contribution < -0.4 is 10.0 Å². The summed E-state index contributed by atoms with van der Waals surface area (Å²) in [6, 6.07) is 8.17. The lowest BCUT2D eigenvalue weighted by Gasteiger charge is -2.06. The second-order valence-electron chi connectivity index (χ2n) is 3.47. The van der Waals surface area contributed by atoms with Crippen molar-refractivity contribution in [3.8, 4) is 0 Å². The van der Waals surface area contributed by atoms with Gasteiger partial charge in [0.2, 0.25) is 0 Å². The minimum absolute atomic E-state index is 0.811. The molecule has 2 aromatic rings. The number of hydrogen-bond donors (Lipinski definition) is 2. The van der Waals surface area contributed by atoms with Gasteiger partial charge in [0.25, 0.3) is 0 Å². The van der Waals surface area contributed by atoms with Crippen LogP contribution >= 0.6 is 11.9 Å². The molecule has 16 heavy (non-hydrogen) atoms. The molecule has 0 atom stereocenters. The smallest absolute Gasteiger partial charge is 0.133 e. The largest absolute Gasteiger partial charge is 0.340 e. The molecule has 0 fully saturated rings. The fourth-order valence-electron chi connectivity index (χ4n) is 1.58. The topological polar surface area (TPSA) is 49.8 Å². The van der Waals surface area contributed by atoms with Gasteiger partial charge in [0.15, 0.2) is 0 Å². The summed E-state index contributed by atoms with van der Waals surface area (Å²) in [7, 11) is 0. The molecule has 0 radical (unpaired) electrons. The average Bonchev–Trinajstić information content (AvgIpc) is 2.77. The maximum Gasteiger partial charge on any atom is 0.133 e. The summed E-state index contributed by atoms with van der Waals surface area (Å²) in [5, 5.41) is 3.24. The summed E-state index contributed by atoms with van der Waals surface area (Å²) < 4.78 is 3.24. The minimum atomic E-state index is 0.811. The monoisotopic (exact) mass is 230 g/mol. The molecule has 2 heterocycles. The quantitative estimate of drug-likeness (QED) is 0.775. The van der Waals surface area contributed by atoms with Crippen molar-refractivity contribution in [3.63, 3.8) is 0 Å². The molecule has 1 aromatic carbocycles. The molecule has 1 aromatic heterocycles. The van der Waals surface area contributed by atoms with Gasteiger partial charge in [0.1, 0.15) is 12.1 Å². The molecule has 1 aliphatic heterocycles. The SMILES string of the molecule is c1cc(Nc2ccc3c(c2)SNC3)ncn1. The van der Waals surface area contributed by atoms with Crippen molar-refractivity contribution >= 4 is 23.5 Å². The van der Waals surface area contributed by atoms with Gasteiger partial charge in [0.05, 0.1) is 0 Å². The van der Waals surface area contributed by atoms with E-state index in [2.05, 4.69) is 38.2 Å². The van der Waals surface area contributed by atoms with Crippen LogP contribution in [0, 0.1) is 0 Å². The Kier molecular flexibility index (Phi) is 2.47. The molecule has 0 spiro atoms. The Balaban J connectivity index is 1.86. The molecule has 3 rings (SSSR count). The van der Waals surface area contributed by atoms with E-state index in [-0.39, 0.29) is 0 Å². The molecule has 1 aliphatic rings. The summed E-state index contributed by atoms with van der Waals surface area (Å²) in [4.78, 5) is 9.28. The highest BCUT2D eigenvalue weighted by Crippen LogP contribution is 2.30. The lowest BCUT2D eigenvalue weighted by atomic mass is 10.2. The minimum Gasteiger partial charge on any atom is -0.340 e. The fraction of sp³-hybridized carbons (Fsp3) is 0.0909. The summed E-state index contributed by atoms with van der Waals surface area (Å²) in [5.74, 6) is 0.811. The maximum absolute atomic E-state index is 4.12. The van der Waals surface area contributed by atoms with Crippen LogP contribution in [-0.4, -0.2) is 9.97 Å². The zero-order valence-electron chi connectivity index (χ0n) is 8.47. The van der Waals surface area contributed by atoms with E-state index in [0.717, 1.165) is 18.1 Å². The molecule has 2 N–H and O–H groups in total. The number of hydrogen-bond acceptors (Lipinski definition) is 5. The van der Waals surface area contributed by atoms with Crippen molar-refractivity contribution < 1.29 is 0 Å². The molecule has 0 saturated carbocycles. The molecule has 0 saturated heterocycles. The maximum atomic E-state index is 4.12. The van der Waals surface area contributed by atoms with Crippen LogP contribution in [-0.2, 0) is 6.54 Å². The predicted molar refractivity (Wildman–Crippen MR) is 64.5 cm³/mol. The molecule has 5 heteroatoms. The van der Waals surface area contributed by atoms with Crippen LogP contribution in [0.25, 0.3) is 0 Å². The van der Waals surface area contributed by atoms with Crippen LogP contribution in [0.3, 0.4) is 0 Å². The molecule has 0 bridgehead atoms. The van der Waals surface area contributed by atoms with Crippen LogP contribution in [0.15, 0.2) is 41.7 Å². The highest BCUT2D eigenvalue weighted by molar-refractivity contribution is 7.97. The Morgan fingerprint density at radius 3 is 3.19 bits per heavy atom. The van der Waals surface area contributed by atoms with E-state index < -0.39 is 0 Å². The number of rotatable bonds is 2. The normalized spacial score (nSPS) is 13.5. The van der Waals surface area contributed by atoms with Crippen LogP contribution in [0.5, 0.6) is 0 Å². The van der Waals surface area contributed by atoms with Crippen molar-refractivity contribution in [2.24, 2.45) is 0 Å². The van der Waals surface area contributed by atoms with Gasteiger partial charge in [-0.2, -0.15) is 0 Å². The number of aromatic nitrogens is 2. The molecule has 0 amide bonds. The average molecular weight is 230 g/mol. The summed E-state index contributed by atoms with van der Waals surface area (Å²) in [6.45, 7) is 0.938. The van der Waals surface area contributed by atoms with Crippen molar-refractivity contribution in [1.29, 1.82) is 0 Å². The first kappa shape index (κ1) is 9.62. The van der Waals surface area contributed by atoms with Crippen LogP contribution in [0.2, 0.25) is 0 Å². The Hall–Kier alpha value is -1.59. The highest BCUT2D eigenvalue weighted by Gasteiger charge is 2.10. The Morgan fingerprint density at radius 1 is 1.31 bits per heavy atom. The highest BCUT2D eigenvalue weighted by atomic mass is 32.2. The molecule has 80 valence electrons. The van der Waals surface area contributed by atoms with Gasteiger partial charge in [0, 0.05) is 23.3 Å². The van der Waals surface area contributed by atoms with Crippen LogP contribution in [0.4, 0.5) is 11.5 Å². The first-order chi connectivity index (χ1) is 7.92. The predicted octanol–water partition coefficient (Wildman–Crippen LogP) is 2.33. The summed E-state index contributed by atoms with van der Waals surface area (Å²) >= 11 is 1.67. The van der Waals surface area contributed by atoms with Crippen molar-refractivity contribution in [1.82, 2.24) is 14.7 Å². The second kappa shape index (κ2) is 4.11. The number of fused-ring (bicyclic) bond motifs is 1. The van der Waals surface area contributed by atoms with Gasteiger partial charge >= 0.3 is 0 Å². The molecular formula is C11H10N4S. The number of benzene rings is 1. The van der Waals surface area contributed by atoms with E-state index in [4.69, 9.17) is 0 Å². The standard InChI is InChI=1S/C11H10N4S/c1-2-9(5-10-8(1)6-14-16-10)15-11-3-4-12-7-13-11/h1-5,7,14H,6H2,(H,12,13,15). The zero-order valence-corrected chi connectivity index (χ0v) is 9.29. The zero-order chi connectivity index (χ0) is 10.8. The molecule has 4 nitrogen and oxygen atoms in total. The molecule has 0 unspecified atom stereocenters. The van der Waals surface area contributed by atoms with Gasteiger partial charge in [-0.1, -0.05) is 6.07 Å². The van der Waals surface area contributed by atoms with E-state index in [0.29, 0.717) is 0 Å². The van der Waals surface area contributed by atoms with Gasteiger partial charge in [-0.05, 0) is 35.7 Å². The van der Waals surface area contributed by atoms with Gasteiger partial charge in [-0.3, -0.25) is 4.72 Å². The summed E-state index contributed by atoms with van der Waals surface area (Å²) in [6.07, 6.45) is 3.25. The van der Waals surface area contributed by atoms with Crippen molar-refractivity contribution in [2.45, 2.75) is 11.4 Å². The third-order valence-electron chi connectivity index (χ3n) is 2.37. The lowest BCUT2D eigenvalue weighted by Crippen LogP contribution is -1.94. The lowest BCUT2D eigenvalue weighted by molar-refractivity contribution is 0.994. The molecule has 0 aliphatic carbocycles. The number of nitrogens with one attached hydrogen (secondary N) is 2. The van der Waals surface area contributed by atoms with E-state index in [1.807, 2.05) is 6.07 Å². The third-order valence-corrected chi connectivity index (χ3v) is 3.25. The van der Waals surface area contributed by atoms with E-state index in [1.54, 1.807) is 18.1 Å². The Labute approximate surface area is 97.6 Å². The van der Waals surface area contributed by atoms with Gasteiger partial charge < -0.3 is 5.32 Å². The third kappa shape index (κ3) is 1.87. The first-order valence-electron chi connectivity index (χ1n) is 4.97. The molecular weight excluding hydrogens is 220 g/mol. The van der Waals surface area contributed by atoms with E-state index in [1.165, 1.54) is 16.8 Å². The fourth-order valence-corrected chi connectivity index (χ4v) is 2.42. The van der Waals surface area contributed by atoms with E-state index >= 15 is 0 Å². The Morgan fingerprint density at radius 2 is 2.31 bits per heavy atom. The van der Waals surface area contributed by atoms with Gasteiger partial charge in [-0.25, -0.2) is 9.97 Å². The second-order valence-corrected chi connectivity index (χ2v) is 4.40. The first-order valence-corrected chi connectivity index (χ1v) is 5.79.